The monoisotopic (exact) mass is 374 g/mol. The highest BCUT2D eigenvalue weighted by Crippen LogP contribution is 2.29. The van der Waals surface area contributed by atoms with Crippen LogP contribution >= 0.6 is 0 Å². The highest BCUT2D eigenvalue weighted by atomic mass is 19.1. The van der Waals surface area contributed by atoms with Gasteiger partial charge in [0.05, 0.1) is 5.69 Å². The first-order chi connectivity index (χ1) is 12.8. The molecule has 2 aromatic rings. The van der Waals surface area contributed by atoms with Crippen molar-refractivity contribution in [3.8, 4) is 5.69 Å². The predicted molar refractivity (Wildman–Crippen MR) is 96.3 cm³/mol. The largest absolute Gasteiger partial charge is 0.480 e. The van der Waals surface area contributed by atoms with Crippen LogP contribution in [0.3, 0.4) is 0 Å². The lowest BCUT2D eigenvalue weighted by Crippen LogP contribution is -2.55. The van der Waals surface area contributed by atoms with Crippen molar-refractivity contribution >= 4 is 11.9 Å². The van der Waals surface area contributed by atoms with Crippen molar-refractivity contribution in [3.63, 3.8) is 0 Å². The van der Waals surface area contributed by atoms with Crippen molar-refractivity contribution in [2.24, 2.45) is 0 Å². The molecule has 0 spiro atoms. The molecule has 0 unspecified atom stereocenters. The zero-order valence-corrected chi connectivity index (χ0v) is 15.4. The summed E-state index contributed by atoms with van der Waals surface area (Å²) in [4.78, 5) is 28.8. The fraction of sp³-hybridized carbons (Fsp3) is 0.474. The minimum Gasteiger partial charge on any atom is -0.480 e. The summed E-state index contributed by atoms with van der Waals surface area (Å²) >= 11 is 0. The Bertz CT molecular complexity index is 856. The number of carboxylic acids is 1. The third-order valence-corrected chi connectivity index (χ3v) is 4.87. The molecular weight excluding hydrogens is 351 g/mol. The minimum absolute atomic E-state index is 0.0644. The van der Waals surface area contributed by atoms with Gasteiger partial charge in [0.25, 0.3) is 5.91 Å². The average molecular weight is 374 g/mol. The Morgan fingerprint density at radius 1 is 1.26 bits per heavy atom. The maximum atomic E-state index is 13.6. The molecule has 0 atom stereocenters. The minimum atomic E-state index is -1.28. The van der Waals surface area contributed by atoms with E-state index in [9.17, 15) is 19.1 Å². The van der Waals surface area contributed by atoms with Crippen LogP contribution in [0.2, 0.25) is 0 Å². The van der Waals surface area contributed by atoms with E-state index >= 15 is 0 Å². The van der Waals surface area contributed by atoms with E-state index in [-0.39, 0.29) is 11.7 Å². The molecule has 27 heavy (non-hydrogen) atoms. The Balaban J connectivity index is 1.93. The Kier molecular flexibility index (Phi) is 5.25. The number of nitrogens with zero attached hydrogens (tertiary/aromatic N) is 3. The second-order valence-corrected chi connectivity index (χ2v) is 7.24. The van der Waals surface area contributed by atoms with Crippen LogP contribution in [0.25, 0.3) is 5.69 Å². The van der Waals surface area contributed by atoms with Gasteiger partial charge in [-0.05, 0) is 31.0 Å². The second kappa shape index (κ2) is 7.46. The lowest BCUT2D eigenvalue weighted by atomic mass is 9.81. The fourth-order valence-electron chi connectivity index (χ4n) is 3.41. The number of aliphatic carboxylic acids is 1. The lowest BCUT2D eigenvalue weighted by Gasteiger charge is -2.33. The van der Waals surface area contributed by atoms with Gasteiger partial charge in [-0.2, -0.15) is 0 Å². The first kappa shape index (κ1) is 19.0. The Morgan fingerprint density at radius 3 is 2.56 bits per heavy atom. The zero-order chi connectivity index (χ0) is 19.6. The summed E-state index contributed by atoms with van der Waals surface area (Å²) < 4.78 is 15.0. The summed E-state index contributed by atoms with van der Waals surface area (Å²) in [5.41, 5.74) is -0.826. The number of amides is 1. The number of hydrogen-bond acceptors (Lipinski definition) is 4. The Labute approximate surface area is 156 Å². The first-order valence-electron chi connectivity index (χ1n) is 9.11. The van der Waals surface area contributed by atoms with E-state index in [0.29, 0.717) is 24.4 Å². The van der Waals surface area contributed by atoms with Gasteiger partial charge in [0.2, 0.25) is 5.82 Å². The van der Waals surface area contributed by atoms with Gasteiger partial charge in [0.1, 0.15) is 17.2 Å². The third kappa shape index (κ3) is 3.84. The standard InChI is InChI=1S/C19H23FN4O3/c1-12(2)16-21-15(23-24(16)14-8-6-7-13(20)11-14)17(25)22-19(18(26)27)9-4-3-5-10-19/h6-8,11-12H,3-5,9-10H2,1-2H3,(H,22,25)(H,26,27). The van der Waals surface area contributed by atoms with E-state index in [4.69, 9.17) is 0 Å². The van der Waals surface area contributed by atoms with Crippen LogP contribution < -0.4 is 5.32 Å². The molecule has 2 N–H and O–H groups in total. The van der Waals surface area contributed by atoms with E-state index in [2.05, 4.69) is 15.4 Å². The van der Waals surface area contributed by atoms with E-state index < -0.39 is 23.2 Å². The zero-order valence-electron chi connectivity index (χ0n) is 15.4. The molecule has 144 valence electrons. The van der Waals surface area contributed by atoms with Crippen molar-refractivity contribution in [2.45, 2.75) is 57.4 Å². The number of aromatic nitrogens is 3. The molecule has 0 bridgehead atoms. The Hall–Kier alpha value is -2.77. The molecule has 8 heteroatoms. The summed E-state index contributed by atoms with van der Waals surface area (Å²) in [6, 6.07) is 5.85. The number of hydrogen-bond donors (Lipinski definition) is 2. The molecule has 1 aliphatic carbocycles. The van der Waals surface area contributed by atoms with Crippen LogP contribution in [0.1, 0.15) is 68.3 Å². The second-order valence-electron chi connectivity index (χ2n) is 7.24. The summed E-state index contributed by atoms with van der Waals surface area (Å²) in [7, 11) is 0. The number of rotatable bonds is 5. The molecular formula is C19H23FN4O3. The molecule has 1 aromatic heterocycles. The van der Waals surface area contributed by atoms with Crippen LogP contribution in [0.15, 0.2) is 24.3 Å². The molecule has 1 saturated carbocycles. The third-order valence-electron chi connectivity index (χ3n) is 4.87. The Morgan fingerprint density at radius 2 is 1.96 bits per heavy atom. The topological polar surface area (TPSA) is 97.1 Å². The van der Waals surface area contributed by atoms with Crippen molar-refractivity contribution in [1.29, 1.82) is 0 Å². The van der Waals surface area contributed by atoms with Crippen LogP contribution in [-0.2, 0) is 4.79 Å². The fourth-order valence-corrected chi connectivity index (χ4v) is 3.41. The van der Waals surface area contributed by atoms with Crippen LogP contribution in [0, 0.1) is 5.82 Å². The smallest absolute Gasteiger partial charge is 0.329 e. The van der Waals surface area contributed by atoms with Gasteiger partial charge < -0.3 is 10.4 Å². The summed E-state index contributed by atoms with van der Waals surface area (Å²) in [6.45, 7) is 3.78. The maximum absolute atomic E-state index is 13.6. The molecule has 1 aliphatic rings. The number of halogens is 1. The number of carboxylic acid groups (broad SMARTS) is 1. The van der Waals surface area contributed by atoms with Gasteiger partial charge in [0, 0.05) is 5.92 Å². The summed E-state index contributed by atoms with van der Waals surface area (Å²) in [5.74, 6) is -1.77. The highest BCUT2D eigenvalue weighted by Gasteiger charge is 2.41. The average Bonchev–Trinajstić information content (AvgIpc) is 3.08. The quantitative estimate of drug-likeness (QED) is 0.838. The van der Waals surface area contributed by atoms with Gasteiger partial charge in [-0.15, -0.1) is 5.10 Å². The molecule has 1 fully saturated rings. The van der Waals surface area contributed by atoms with Gasteiger partial charge in [0.15, 0.2) is 0 Å². The van der Waals surface area contributed by atoms with Crippen LogP contribution in [0.4, 0.5) is 4.39 Å². The van der Waals surface area contributed by atoms with Crippen molar-refractivity contribution in [3.05, 3.63) is 41.7 Å². The molecule has 1 aromatic carbocycles. The normalized spacial score (nSPS) is 16.3. The predicted octanol–water partition coefficient (Wildman–Crippen LogP) is 3.05. The number of nitrogens with one attached hydrogen (secondary N) is 1. The molecule has 3 rings (SSSR count). The number of carbonyl (C=O) groups excluding carboxylic acids is 1. The molecule has 1 amide bonds. The number of benzene rings is 1. The van der Waals surface area contributed by atoms with Crippen molar-refractivity contribution in [1.82, 2.24) is 20.1 Å². The number of carbonyl (C=O) groups is 2. The van der Waals surface area contributed by atoms with Gasteiger partial charge >= 0.3 is 5.97 Å². The van der Waals surface area contributed by atoms with E-state index in [1.54, 1.807) is 12.1 Å². The van der Waals surface area contributed by atoms with Crippen molar-refractivity contribution in [2.75, 3.05) is 0 Å². The summed E-state index contributed by atoms with van der Waals surface area (Å²) in [6.07, 6.45) is 3.21. The molecule has 0 saturated heterocycles. The molecule has 1 heterocycles. The van der Waals surface area contributed by atoms with Crippen LogP contribution in [0.5, 0.6) is 0 Å². The van der Waals surface area contributed by atoms with E-state index in [1.807, 2.05) is 13.8 Å². The lowest BCUT2D eigenvalue weighted by molar-refractivity contribution is -0.145. The first-order valence-corrected chi connectivity index (χ1v) is 9.11. The molecule has 7 nitrogen and oxygen atoms in total. The SMILES string of the molecule is CC(C)c1nc(C(=O)NC2(C(=O)O)CCCCC2)nn1-c1cccc(F)c1. The maximum Gasteiger partial charge on any atom is 0.329 e. The van der Waals surface area contributed by atoms with Gasteiger partial charge in [-0.1, -0.05) is 39.2 Å². The highest BCUT2D eigenvalue weighted by molar-refractivity contribution is 5.95. The summed E-state index contributed by atoms with van der Waals surface area (Å²) in [5, 5.41) is 16.5. The van der Waals surface area contributed by atoms with Crippen molar-refractivity contribution < 1.29 is 19.1 Å². The molecule has 0 aliphatic heterocycles. The molecule has 0 radical (unpaired) electrons. The van der Waals surface area contributed by atoms with Gasteiger partial charge in [-0.25, -0.2) is 18.9 Å². The van der Waals surface area contributed by atoms with Crippen LogP contribution in [-0.4, -0.2) is 37.3 Å². The van der Waals surface area contributed by atoms with E-state index in [0.717, 1.165) is 19.3 Å². The van der Waals surface area contributed by atoms with Gasteiger partial charge in [-0.3, -0.25) is 4.79 Å². The van der Waals surface area contributed by atoms with E-state index in [1.165, 1.54) is 16.8 Å².